The fraction of sp³-hybridized carbons (Fsp3) is 0.444. The van der Waals surface area contributed by atoms with Crippen molar-refractivity contribution in [2.75, 3.05) is 46.4 Å². The number of rotatable bonds is 2. The number of piperazine rings is 1. The number of cyclic esters (lactones) is 1. The molecule has 0 bridgehead atoms. The molecule has 0 radical (unpaired) electrons. The number of hydrogen-bond donors (Lipinski definition) is 1. The Labute approximate surface area is 213 Å². The van der Waals surface area contributed by atoms with E-state index in [1.54, 1.807) is 10.6 Å². The van der Waals surface area contributed by atoms with Crippen LogP contribution in [-0.4, -0.2) is 76.9 Å². The van der Waals surface area contributed by atoms with E-state index >= 15 is 0 Å². The van der Waals surface area contributed by atoms with Gasteiger partial charge in [-0.15, -0.1) is 0 Å². The van der Waals surface area contributed by atoms with Crippen molar-refractivity contribution in [1.82, 2.24) is 19.4 Å². The highest BCUT2D eigenvalue weighted by atomic mass is 16.6. The third-order valence-corrected chi connectivity index (χ3v) is 8.07. The number of aromatic nitrogens is 2. The van der Waals surface area contributed by atoms with Gasteiger partial charge in [-0.25, -0.2) is 9.78 Å². The van der Waals surface area contributed by atoms with E-state index in [0.717, 1.165) is 54.8 Å². The van der Waals surface area contributed by atoms with E-state index in [-0.39, 0.29) is 17.7 Å². The molecule has 1 atom stereocenters. The third-order valence-electron chi connectivity index (χ3n) is 8.07. The molecule has 1 aromatic carbocycles. The van der Waals surface area contributed by atoms with E-state index < -0.39 is 11.6 Å². The highest BCUT2D eigenvalue weighted by molar-refractivity contribution is 5.91. The van der Waals surface area contributed by atoms with Crippen molar-refractivity contribution < 1.29 is 24.1 Å². The Morgan fingerprint density at radius 2 is 1.73 bits per heavy atom. The Hall–Kier alpha value is -3.47. The topological polar surface area (TPSA) is 106 Å². The number of carbonyl (C=O) groups is 1. The second kappa shape index (κ2) is 8.01. The smallest absolute Gasteiger partial charge is 0.342 e. The first-order valence-corrected chi connectivity index (χ1v) is 12.6. The molecule has 192 valence electrons. The SMILES string of the molecule is CN1CCN(Cc2c3c(nc4cc5c(cc24)OCCO5)-c2cc4c(c(=O)n2C3)COC(=O)[C@@]4(C)O)CC1. The van der Waals surface area contributed by atoms with Crippen molar-refractivity contribution in [2.45, 2.75) is 32.2 Å². The first-order valence-electron chi connectivity index (χ1n) is 12.6. The summed E-state index contributed by atoms with van der Waals surface area (Å²) in [5.41, 5.74) is 2.59. The molecule has 4 aliphatic heterocycles. The van der Waals surface area contributed by atoms with Crippen LogP contribution in [0.15, 0.2) is 23.0 Å². The van der Waals surface area contributed by atoms with E-state index in [1.165, 1.54) is 6.92 Å². The maximum atomic E-state index is 13.6. The lowest BCUT2D eigenvalue weighted by atomic mass is 9.89. The molecule has 7 rings (SSSR count). The minimum Gasteiger partial charge on any atom is -0.486 e. The van der Waals surface area contributed by atoms with Crippen LogP contribution in [0.1, 0.15) is 29.2 Å². The molecule has 6 heterocycles. The summed E-state index contributed by atoms with van der Waals surface area (Å²) in [4.78, 5) is 35.7. The molecule has 1 fully saturated rings. The zero-order valence-corrected chi connectivity index (χ0v) is 20.9. The molecule has 0 unspecified atom stereocenters. The number of nitrogens with zero attached hydrogens (tertiary/aromatic N) is 4. The Morgan fingerprint density at radius 3 is 2.49 bits per heavy atom. The van der Waals surface area contributed by atoms with Gasteiger partial charge in [0.15, 0.2) is 17.1 Å². The molecule has 0 spiro atoms. The van der Waals surface area contributed by atoms with Crippen LogP contribution in [0.2, 0.25) is 0 Å². The van der Waals surface area contributed by atoms with Gasteiger partial charge in [-0.1, -0.05) is 0 Å². The van der Waals surface area contributed by atoms with Gasteiger partial charge >= 0.3 is 5.97 Å². The number of likely N-dealkylation sites (N-methyl/N-ethyl adjacent to an activating group) is 1. The van der Waals surface area contributed by atoms with Gasteiger partial charge in [0, 0.05) is 55.3 Å². The summed E-state index contributed by atoms with van der Waals surface area (Å²) >= 11 is 0. The minimum atomic E-state index is -1.89. The van der Waals surface area contributed by atoms with Crippen molar-refractivity contribution in [3.63, 3.8) is 0 Å². The summed E-state index contributed by atoms with van der Waals surface area (Å²) in [6.45, 7) is 7.17. The van der Waals surface area contributed by atoms with Gasteiger partial charge in [0.2, 0.25) is 0 Å². The average Bonchev–Trinajstić information content (AvgIpc) is 3.26. The molecular formula is C27H28N4O6. The van der Waals surface area contributed by atoms with Gasteiger partial charge < -0.3 is 28.8 Å². The molecule has 37 heavy (non-hydrogen) atoms. The van der Waals surface area contributed by atoms with Crippen molar-refractivity contribution in [3.8, 4) is 22.9 Å². The number of fused-ring (bicyclic) bond motifs is 6. The number of carbonyl (C=O) groups excluding carboxylic acids is 1. The van der Waals surface area contributed by atoms with Crippen LogP contribution in [0.4, 0.5) is 0 Å². The Kier molecular flexibility index (Phi) is 4.92. The fourth-order valence-corrected chi connectivity index (χ4v) is 5.86. The van der Waals surface area contributed by atoms with E-state index in [1.807, 2.05) is 12.1 Å². The Morgan fingerprint density at radius 1 is 1.00 bits per heavy atom. The summed E-state index contributed by atoms with van der Waals surface area (Å²) in [7, 11) is 2.13. The van der Waals surface area contributed by atoms with Crippen LogP contribution >= 0.6 is 0 Å². The minimum absolute atomic E-state index is 0.148. The Bertz CT molecular complexity index is 1540. The van der Waals surface area contributed by atoms with Crippen LogP contribution < -0.4 is 15.0 Å². The normalized spacial score (nSPS) is 22.9. The zero-order chi connectivity index (χ0) is 25.5. The molecule has 1 saturated heterocycles. The zero-order valence-electron chi connectivity index (χ0n) is 20.9. The van der Waals surface area contributed by atoms with Crippen molar-refractivity contribution >= 4 is 16.9 Å². The fourth-order valence-electron chi connectivity index (χ4n) is 5.86. The van der Waals surface area contributed by atoms with Crippen LogP contribution in [0.25, 0.3) is 22.3 Å². The number of benzene rings is 1. The molecule has 4 aliphatic rings. The maximum absolute atomic E-state index is 13.6. The molecule has 2 aromatic heterocycles. The maximum Gasteiger partial charge on any atom is 0.342 e. The monoisotopic (exact) mass is 504 g/mol. The number of ether oxygens (including phenoxy) is 3. The van der Waals surface area contributed by atoms with Gasteiger partial charge in [0.05, 0.1) is 29.0 Å². The van der Waals surface area contributed by atoms with Gasteiger partial charge in [-0.3, -0.25) is 9.69 Å². The number of esters is 1. The van der Waals surface area contributed by atoms with Crippen LogP contribution in [0, 0.1) is 0 Å². The first-order chi connectivity index (χ1) is 17.8. The summed E-state index contributed by atoms with van der Waals surface area (Å²) < 4.78 is 18.5. The van der Waals surface area contributed by atoms with Crippen molar-refractivity contribution in [2.24, 2.45) is 0 Å². The van der Waals surface area contributed by atoms with Crippen molar-refractivity contribution in [1.29, 1.82) is 0 Å². The second-order valence-corrected chi connectivity index (χ2v) is 10.5. The summed E-state index contributed by atoms with van der Waals surface area (Å²) in [6, 6.07) is 5.65. The standard InChI is InChI=1S/C27H28N4O6/c1-27(34)19-10-21-24-17(13-31(21)25(32)18(19)14-37-26(27)33)16(12-30-5-3-29(2)4-6-30)15-9-22-23(11-20(15)28-24)36-8-7-35-22/h9-11,34H,3-8,12-14H2,1-2H3/t27-/m0/s1. The van der Waals surface area contributed by atoms with E-state index in [2.05, 4.69) is 16.8 Å². The first kappa shape index (κ1) is 22.7. The third kappa shape index (κ3) is 3.39. The molecule has 0 amide bonds. The van der Waals surface area contributed by atoms with Crippen LogP contribution in [-0.2, 0) is 34.8 Å². The predicted octanol–water partition coefficient (Wildman–Crippen LogP) is 1.21. The largest absolute Gasteiger partial charge is 0.486 e. The van der Waals surface area contributed by atoms with Crippen LogP contribution in [0.3, 0.4) is 0 Å². The molecule has 3 aromatic rings. The second-order valence-electron chi connectivity index (χ2n) is 10.5. The van der Waals surface area contributed by atoms with E-state index in [4.69, 9.17) is 19.2 Å². The molecule has 10 nitrogen and oxygen atoms in total. The van der Waals surface area contributed by atoms with Gasteiger partial charge in [-0.05, 0) is 31.7 Å². The predicted molar refractivity (Wildman–Crippen MR) is 134 cm³/mol. The lowest BCUT2D eigenvalue weighted by molar-refractivity contribution is -0.169. The molecule has 0 saturated carbocycles. The summed E-state index contributed by atoms with van der Waals surface area (Å²) in [6.07, 6.45) is 0. The molecular weight excluding hydrogens is 476 g/mol. The lowest BCUT2D eigenvalue weighted by Crippen LogP contribution is -2.44. The summed E-state index contributed by atoms with van der Waals surface area (Å²) in [5, 5.41) is 11.9. The quantitative estimate of drug-likeness (QED) is 0.403. The number of hydrogen-bond acceptors (Lipinski definition) is 9. The number of aliphatic hydroxyl groups is 1. The molecule has 0 aliphatic carbocycles. The average molecular weight is 505 g/mol. The highest BCUT2D eigenvalue weighted by Crippen LogP contribution is 2.42. The lowest BCUT2D eigenvalue weighted by Gasteiger charge is -2.33. The molecule has 1 N–H and O–H groups in total. The van der Waals surface area contributed by atoms with Crippen molar-refractivity contribution in [3.05, 3.63) is 50.8 Å². The van der Waals surface area contributed by atoms with Crippen LogP contribution in [0.5, 0.6) is 11.5 Å². The van der Waals surface area contributed by atoms with E-state index in [0.29, 0.717) is 48.2 Å². The van der Waals surface area contributed by atoms with Gasteiger partial charge in [-0.2, -0.15) is 0 Å². The van der Waals surface area contributed by atoms with Gasteiger partial charge in [0.1, 0.15) is 19.8 Å². The van der Waals surface area contributed by atoms with E-state index in [9.17, 15) is 14.7 Å². The Balaban J connectivity index is 1.44. The highest BCUT2D eigenvalue weighted by Gasteiger charge is 2.43. The summed E-state index contributed by atoms with van der Waals surface area (Å²) in [5.74, 6) is 0.604. The van der Waals surface area contributed by atoms with Gasteiger partial charge in [0.25, 0.3) is 5.56 Å². The number of pyridine rings is 2. The molecule has 10 heteroatoms.